The highest BCUT2D eigenvalue weighted by atomic mass is 16.5. The van der Waals surface area contributed by atoms with E-state index in [1.807, 2.05) is 19.9 Å². The fraction of sp³-hybridized carbons (Fsp3) is 0.818. The van der Waals surface area contributed by atoms with Gasteiger partial charge in [0.1, 0.15) is 0 Å². The van der Waals surface area contributed by atoms with E-state index in [1.54, 1.807) is 6.26 Å². The molecule has 0 aromatic rings. The number of hydrogen-bond donors (Lipinski definition) is 0. The molecule has 2 heteroatoms. The maximum atomic E-state index is 5.40. The van der Waals surface area contributed by atoms with Crippen molar-refractivity contribution < 1.29 is 9.47 Å². The minimum Gasteiger partial charge on any atom is -0.499 e. The molecule has 0 amide bonds. The van der Waals surface area contributed by atoms with Gasteiger partial charge in [0.05, 0.1) is 19.0 Å². The third-order valence-corrected chi connectivity index (χ3v) is 1.33. The first-order valence-electron chi connectivity index (χ1n) is 5.01. The van der Waals surface area contributed by atoms with Gasteiger partial charge in [-0.25, -0.2) is 0 Å². The Bertz CT molecular complexity index is 128. The van der Waals surface area contributed by atoms with E-state index >= 15 is 0 Å². The van der Waals surface area contributed by atoms with E-state index in [-0.39, 0.29) is 6.10 Å². The van der Waals surface area contributed by atoms with Crippen LogP contribution in [0.25, 0.3) is 0 Å². The molecule has 0 N–H and O–H groups in total. The van der Waals surface area contributed by atoms with E-state index in [4.69, 9.17) is 9.47 Å². The lowest BCUT2D eigenvalue weighted by molar-refractivity contribution is 0.113. The molecule has 78 valence electrons. The van der Waals surface area contributed by atoms with Gasteiger partial charge in [-0.1, -0.05) is 13.8 Å². The average Bonchev–Trinajstić information content (AvgIpc) is 2.01. The molecule has 0 unspecified atom stereocenters. The first-order valence-corrected chi connectivity index (χ1v) is 5.01. The molecule has 0 saturated carbocycles. The maximum absolute atomic E-state index is 5.40. The zero-order valence-electron chi connectivity index (χ0n) is 9.25. The molecular formula is C11H22O2. The van der Waals surface area contributed by atoms with Crippen molar-refractivity contribution in [3.8, 4) is 0 Å². The van der Waals surface area contributed by atoms with Crippen molar-refractivity contribution in [2.45, 2.75) is 40.2 Å². The van der Waals surface area contributed by atoms with Crippen molar-refractivity contribution in [2.75, 3.05) is 13.2 Å². The van der Waals surface area contributed by atoms with Gasteiger partial charge in [-0.05, 0) is 32.3 Å². The first-order chi connectivity index (χ1) is 6.13. The first kappa shape index (κ1) is 12.5. The van der Waals surface area contributed by atoms with E-state index in [9.17, 15) is 0 Å². The van der Waals surface area contributed by atoms with Crippen LogP contribution in [0, 0.1) is 5.92 Å². The highest BCUT2D eigenvalue weighted by Gasteiger charge is 1.91. The minimum atomic E-state index is 0.271. The van der Waals surface area contributed by atoms with Crippen molar-refractivity contribution in [3.63, 3.8) is 0 Å². The summed E-state index contributed by atoms with van der Waals surface area (Å²) >= 11 is 0. The quantitative estimate of drug-likeness (QED) is 0.449. The van der Waals surface area contributed by atoms with Gasteiger partial charge in [-0.3, -0.25) is 0 Å². The Morgan fingerprint density at radius 1 is 1.15 bits per heavy atom. The van der Waals surface area contributed by atoms with Crippen LogP contribution in [0.1, 0.15) is 34.1 Å². The van der Waals surface area contributed by atoms with Gasteiger partial charge in [0.15, 0.2) is 0 Å². The summed E-state index contributed by atoms with van der Waals surface area (Å²) in [6.07, 6.45) is 4.95. The number of hydrogen-bond acceptors (Lipinski definition) is 2. The fourth-order valence-electron chi connectivity index (χ4n) is 0.751. The van der Waals surface area contributed by atoms with Crippen molar-refractivity contribution in [1.82, 2.24) is 0 Å². The van der Waals surface area contributed by atoms with Crippen LogP contribution in [-0.4, -0.2) is 19.3 Å². The Morgan fingerprint density at radius 3 is 2.38 bits per heavy atom. The third-order valence-electron chi connectivity index (χ3n) is 1.33. The molecule has 0 aliphatic rings. The van der Waals surface area contributed by atoms with Crippen molar-refractivity contribution >= 4 is 0 Å². The lowest BCUT2D eigenvalue weighted by atomic mass is 10.2. The van der Waals surface area contributed by atoms with Gasteiger partial charge in [-0.2, -0.15) is 0 Å². The Hall–Kier alpha value is -0.500. The summed E-state index contributed by atoms with van der Waals surface area (Å²) in [5.74, 6) is 0.621. The van der Waals surface area contributed by atoms with E-state index in [2.05, 4.69) is 13.8 Å². The molecule has 0 aromatic carbocycles. The summed E-state index contributed by atoms with van der Waals surface area (Å²) in [7, 11) is 0. The normalized spacial score (nSPS) is 11.8. The van der Waals surface area contributed by atoms with Crippen LogP contribution in [0.15, 0.2) is 12.3 Å². The number of ether oxygens (including phenoxy) is 2. The fourth-order valence-corrected chi connectivity index (χ4v) is 0.751. The van der Waals surface area contributed by atoms with Gasteiger partial charge in [0, 0.05) is 6.61 Å². The highest BCUT2D eigenvalue weighted by molar-refractivity contribution is 4.73. The molecule has 0 radical (unpaired) electrons. The summed E-state index contributed by atoms with van der Waals surface area (Å²) in [5, 5.41) is 0. The van der Waals surface area contributed by atoms with E-state index in [0.717, 1.165) is 19.6 Å². The van der Waals surface area contributed by atoms with Crippen LogP contribution < -0.4 is 0 Å². The Balaban J connectivity index is 3.11. The maximum Gasteiger partial charge on any atom is 0.0922 e. The standard InChI is InChI=1S/C11H22O2/c1-10(2)9-12-7-5-6-8-13-11(3)4/h6,8,10-11H,5,7,9H2,1-4H3/b8-6+. The van der Waals surface area contributed by atoms with Crippen LogP contribution >= 0.6 is 0 Å². The second kappa shape index (κ2) is 8.11. The van der Waals surface area contributed by atoms with Crippen LogP contribution in [0.5, 0.6) is 0 Å². The van der Waals surface area contributed by atoms with Crippen LogP contribution in [0.2, 0.25) is 0 Å². The predicted octanol–water partition coefficient (Wildman–Crippen LogP) is 2.99. The molecule has 0 heterocycles. The molecule has 2 nitrogen and oxygen atoms in total. The Morgan fingerprint density at radius 2 is 1.85 bits per heavy atom. The summed E-state index contributed by atoms with van der Waals surface area (Å²) in [6, 6.07) is 0. The smallest absolute Gasteiger partial charge is 0.0922 e. The van der Waals surface area contributed by atoms with E-state index in [0.29, 0.717) is 5.92 Å². The van der Waals surface area contributed by atoms with Crippen LogP contribution in [0.3, 0.4) is 0 Å². The molecule has 0 spiro atoms. The molecule has 0 fully saturated rings. The zero-order valence-corrected chi connectivity index (χ0v) is 9.25. The predicted molar refractivity (Wildman–Crippen MR) is 55.6 cm³/mol. The molecule has 0 saturated heterocycles. The summed E-state index contributed by atoms with van der Waals surface area (Å²) in [5.41, 5.74) is 0. The Kier molecular flexibility index (Phi) is 7.80. The van der Waals surface area contributed by atoms with Crippen molar-refractivity contribution in [3.05, 3.63) is 12.3 Å². The largest absolute Gasteiger partial charge is 0.499 e. The summed E-state index contributed by atoms with van der Waals surface area (Å²) in [4.78, 5) is 0. The molecule has 0 aromatic heterocycles. The average molecular weight is 186 g/mol. The SMILES string of the molecule is CC(C)COCC/C=C/OC(C)C. The van der Waals surface area contributed by atoms with Crippen molar-refractivity contribution in [1.29, 1.82) is 0 Å². The molecule has 0 aliphatic heterocycles. The van der Waals surface area contributed by atoms with Gasteiger partial charge in [0.2, 0.25) is 0 Å². The van der Waals surface area contributed by atoms with Crippen molar-refractivity contribution in [2.24, 2.45) is 5.92 Å². The molecule has 0 rings (SSSR count). The lowest BCUT2D eigenvalue weighted by Gasteiger charge is -2.05. The molecule has 0 aliphatic carbocycles. The third kappa shape index (κ3) is 11.5. The second-order valence-electron chi connectivity index (χ2n) is 3.81. The van der Waals surface area contributed by atoms with Crippen LogP contribution in [-0.2, 0) is 9.47 Å². The highest BCUT2D eigenvalue weighted by Crippen LogP contribution is 1.95. The topological polar surface area (TPSA) is 18.5 Å². The minimum absolute atomic E-state index is 0.271. The monoisotopic (exact) mass is 186 g/mol. The molecular weight excluding hydrogens is 164 g/mol. The molecule has 0 atom stereocenters. The molecule has 0 bridgehead atoms. The Labute approximate surface area is 81.9 Å². The van der Waals surface area contributed by atoms with Gasteiger partial charge in [-0.15, -0.1) is 0 Å². The lowest BCUT2D eigenvalue weighted by Crippen LogP contribution is -2.02. The summed E-state index contributed by atoms with van der Waals surface area (Å²) in [6.45, 7) is 9.96. The van der Waals surface area contributed by atoms with Gasteiger partial charge < -0.3 is 9.47 Å². The van der Waals surface area contributed by atoms with E-state index in [1.165, 1.54) is 0 Å². The van der Waals surface area contributed by atoms with Gasteiger partial charge >= 0.3 is 0 Å². The summed E-state index contributed by atoms with van der Waals surface area (Å²) < 4.78 is 10.6. The molecule has 13 heavy (non-hydrogen) atoms. The number of rotatable bonds is 7. The van der Waals surface area contributed by atoms with E-state index < -0.39 is 0 Å². The zero-order chi connectivity index (χ0) is 10.1. The van der Waals surface area contributed by atoms with Crippen LogP contribution in [0.4, 0.5) is 0 Å². The van der Waals surface area contributed by atoms with Gasteiger partial charge in [0.25, 0.3) is 0 Å². The second-order valence-corrected chi connectivity index (χ2v) is 3.81.